The first-order chi connectivity index (χ1) is 13.5. The highest BCUT2D eigenvalue weighted by atomic mass is 19.1. The summed E-state index contributed by atoms with van der Waals surface area (Å²) in [5, 5.41) is 11.3. The van der Waals surface area contributed by atoms with Gasteiger partial charge in [0.25, 0.3) is 5.91 Å². The number of rotatable bonds is 4. The number of nitrogens with zero attached hydrogens (tertiary/aromatic N) is 1. The van der Waals surface area contributed by atoms with Crippen molar-refractivity contribution < 1.29 is 27.9 Å². The van der Waals surface area contributed by atoms with Crippen molar-refractivity contribution in [2.24, 2.45) is 0 Å². The van der Waals surface area contributed by atoms with Crippen LogP contribution >= 0.6 is 0 Å². The standard InChI is InChI=1S/C20H14F2N2O4/c21-14-7-10(11-3-2-6-16-17(11)23-9-28-16)8-15(22)18(14)24-19(25)12-4-1-5-13(12)20(26)27/h2-3,6-9H,1,4-5H2,(H,24,25)(H,26,27). The van der Waals surface area contributed by atoms with Gasteiger partial charge in [0, 0.05) is 16.7 Å². The van der Waals surface area contributed by atoms with Gasteiger partial charge in [-0.3, -0.25) is 4.79 Å². The zero-order chi connectivity index (χ0) is 19.8. The van der Waals surface area contributed by atoms with Gasteiger partial charge in [-0.25, -0.2) is 18.6 Å². The predicted molar refractivity (Wildman–Crippen MR) is 96.5 cm³/mol. The number of fused-ring (bicyclic) bond motifs is 1. The summed E-state index contributed by atoms with van der Waals surface area (Å²) >= 11 is 0. The van der Waals surface area contributed by atoms with Crippen molar-refractivity contribution in [3.8, 4) is 11.1 Å². The lowest BCUT2D eigenvalue weighted by atomic mass is 10.0. The van der Waals surface area contributed by atoms with Crippen LogP contribution < -0.4 is 5.32 Å². The van der Waals surface area contributed by atoms with Crippen LogP contribution in [0.15, 0.2) is 52.3 Å². The van der Waals surface area contributed by atoms with Gasteiger partial charge in [-0.05, 0) is 43.0 Å². The number of carbonyl (C=O) groups is 2. The summed E-state index contributed by atoms with van der Waals surface area (Å²) in [6.45, 7) is 0. The zero-order valence-corrected chi connectivity index (χ0v) is 14.5. The Morgan fingerprint density at radius 3 is 2.54 bits per heavy atom. The lowest BCUT2D eigenvalue weighted by Crippen LogP contribution is -2.18. The quantitative estimate of drug-likeness (QED) is 0.701. The van der Waals surface area contributed by atoms with Gasteiger partial charge in [-0.1, -0.05) is 12.1 Å². The van der Waals surface area contributed by atoms with Crippen LogP contribution in [0.25, 0.3) is 22.2 Å². The van der Waals surface area contributed by atoms with Crippen LogP contribution in [0.4, 0.5) is 14.5 Å². The Labute approximate surface area is 157 Å². The fourth-order valence-electron chi connectivity index (χ4n) is 3.39. The summed E-state index contributed by atoms with van der Waals surface area (Å²) < 4.78 is 34.4. The number of anilines is 1. The van der Waals surface area contributed by atoms with E-state index < -0.39 is 29.2 Å². The molecule has 0 radical (unpaired) electrons. The SMILES string of the molecule is O=C(O)C1=C(C(=O)Nc2c(F)cc(-c3cccc4ocnc34)cc2F)CCC1. The molecule has 142 valence electrons. The molecule has 6 nitrogen and oxygen atoms in total. The molecule has 0 atom stereocenters. The molecule has 8 heteroatoms. The molecular weight excluding hydrogens is 370 g/mol. The minimum atomic E-state index is -1.19. The lowest BCUT2D eigenvalue weighted by Gasteiger charge is -2.11. The number of carbonyl (C=O) groups excluding carboxylic acids is 1. The fraction of sp³-hybridized carbons (Fsp3) is 0.150. The number of aliphatic carboxylic acids is 1. The number of carboxylic acids is 1. The smallest absolute Gasteiger partial charge is 0.332 e. The van der Waals surface area contributed by atoms with E-state index in [1.165, 1.54) is 6.39 Å². The third kappa shape index (κ3) is 3.02. The molecule has 0 saturated heterocycles. The van der Waals surface area contributed by atoms with E-state index in [1.54, 1.807) is 18.2 Å². The van der Waals surface area contributed by atoms with Crippen molar-refractivity contribution in [2.45, 2.75) is 19.3 Å². The van der Waals surface area contributed by atoms with Crippen LogP contribution in [0.3, 0.4) is 0 Å². The second-order valence-corrected chi connectivity index (χ2v) is 6.39. The number of carboxylic acid groups (broad SMARTS) is 1. The van der Waals surface area contributed by atoms with Crippen LogP contribution in [0.1, 0.15) is 19.3 Å². The molecule has 1 aliphatic carbocycles. The lowest BCUT2D eigenvalue weighted by molar-refractivity contribution is -0.133. The van der Waals surface area contributed by atoms with E-state index in [9.17, 15) is 18.4 Å². The number of hydrogen-bond acceptors (Lipinski definition) is 4. The molecule has 0 unspecified atom stereocenters. The van der Waals surface area contributed by atoms with Gasteiger partial charge in [0.1, 0.15) is 22.8 Å². The maximum absolute atomic E-state index is 14.6. The fourth-order valence-corrected chi connectivity index (χ4v) is 3.39. The number of aromatic nitrogens is 1. The normalized spacial score (nSPS) is 13.9. The molecule has 1 amide bonds. The van der Waals surface area contributed by atoms with Crippen LogP contribution in [0, 0.1) is 11.6 Å². The number of oxazole rings is 1. The van der Waals surface area contributed by atoms with Gasteiger partial charge < -0.3 is 14.8 Å². The van der Waals surface area contributed by atoms with E-state index in [1.807, 2.05) is 0 Å². The molecule has 0 saturated carbocycles. The van der Waals surface area contributed by atoms with Crippen molar-refractivity contribution in [1.82, 2.24) is 4.98 Å². The summed E-state index contributed by atoms with van der Waals surface area (Å²) in [6, 6.07) is 7.18. The van der Waals surface area contributed by atoms with Crippen molar-refractivity contribution in [3.63, 3.8) is 0 Å². The highest BCUT2D eigenvalue weighted by Crippen LogP contribution is 2.33. The first-order valence-corrected chi connectivity index (χ1v) is 8.54. The molecule has 28 heavy (non-hydrogen) atoms. The molecule has 0 fully saturated rings. The Hall–Kier alpha value is -3.55. The van der Waals surface area contributed by atoms with Crippen molar-refractivity contribution >= 4 is 28.7 Å². The largest absolute Gasteiger partial charge is 0.478 e. The van der Waals surface area contributed by atoms with Gasteiger partial charge in [0.15, 0.2) is 12.0 Å². The summed E-state index contributed by atoms with van der Waals surface area (Å²) in [5.74, 6) is -3.95. The monoisotopic (exact) mass is 384 g/mol. The maximum atomic E-state index is 14.6. The maximum Gasteiger partial charge on any atom is 0.332 e. The minimum Gasteiger partial charge on any atom is -0.478 e. The van der Waals surface area contributed by atoms with E-state index in [-0.39, 0.29) is 29.6 Å². The molecule has 0 bridgehead atoms. The van der Waals surface area contributed by atoms with Gasteiger partial charge in [0.05, 0.1) is 0 Å². The Kier molecular flexibility index (Phi) is 4.38. The Morgan fingerprint density at radius 2 is 1.82 bits per heavy atom. The number of hydrogen-bond donors (Lipinski definition) is 2. The van der Waals surface area contributed by atoms with E-state index in [0.29, 0.717) is 23.1 Å². The topological polar surface area (TPSA) is 92.4 Å². The first-order valence-electron chi connectivity index (χ1n) is 8.54. The Bertz CT molecular complexity index is 1130. The summed E-state index contributed by atoms with van der Waals surface area (Å²) in [5.41, 5.74) is 1.05. The van der Waals surface area contributed by atoms with Gasteiger partial charge in [-0.15, -0.1) is 0 Å². The Balaban J connectivity index is 1.69. The average Bonchev–Trinajstić information content (AvgIpc) is 3.32. The molecule has 1 aromatic heterocycles. The molecule has 0 aliphatic heterocycles. The second kappa shape index (κ2) is 6.88. The van der Waals surface area contributed by atoms with Crippen LogP contribution in [0.5, 0.6) is 0 Å². The number of para-hydroxylation sites is 1. The second-order valence-electron chi connectivity index (χ2n) is 6.39. The summed E-state index contributed by atoms with van der Waals surface area (Å²) in [6.07, 6.45) is 2.26. The number of benzene rings is 2. The average molecular weight is 384 g/mol. The van der Waals surface area contributed by atoms with Crippen LogP contribution in [-0.2, 0) is 9.59 Å². The molecule has 4 rings (SSSR count). The highest BCUT2D eigenvalue weighted by Gasteiger charge is 2.26. The van der Waals surface area contributed by atoms with Gasteiger partial charge >= 0.3 is 5.97 Å². The Morgan fingerprint density at radius 1 is 1.11 bits per heavy atom. The van der Waals surface area contributed by atoms with E-state index >= 15 is 0 Å². The van der Waals surface area contributed by atoms with Gasteiger partial charge in [0.2, 0.25) is 0 Å². The molecule has 0 spiro atoms. The van der Waals surface area contributed by atoms with Crippen molar-refractivity contribution in [2.75, 3.05) is 5.32 Å². The summed E-state index contributed by atoms with van der Waals surface area (Å²) in [4.78, 5) is 27.6. The molecule has 1 aliphatic rings. The highest BCUT2D eigenvalue weighted by molar-refractivity contribution is 6.09. The van der Waals surface area contributed by atoms with E-state index in [0.717, 1.165) is 12.1 Å². The molecule has 1 heterocycles. The zero-order valence-electron chi connectivity index (χ0n) is 14.5. The number of amides is 1. The van der Waals surface area contributed by atoms with Crippen molar-refractivity contribution in [3.05, 3.63) is 59.5 Å². The van der Waals surface area contributed by atoms with Crippen molar-refractivity contribution in [1.29, 1.82) is 0 Å². The molecule has 3 aromatic rings. The molecule has 2 aromatic carbocycles. The van der Waals surface area contributed by atoms with E-state index in [4.69, 9.17) is 9.52 Å². The van der Waals surface area contributed by atoms with Crippen LogP contribution in [0.2, 0.25) is 0 Å². The summed E-state index contributed by atoms with van der Waals surface area (Å²) in [7, 11) is 0. The number of nitrogens with one attached hydrogen (secondary N) is 1. The van der Waals surface area contributed by atoms with Gasteiger partial charge in [-0.2, -0.15) is 0 Å². The number of halogens is 2. The minimum absolute atomic E-state index is 0.0207. The first kappa shape index (κ1) is 17.8. The van der Waals surface area contributed by atoms with E-state index in [2.05, 4.69) is 10.3 Å². The third-order valence-corrected chi connectivity index (χ3v) is 4.70. The van der Waals surface area contributed by atoms with Crippen LogP contribution in [-0.4, -0.2) is 22.0 Å². The third-order valence-electron chi connectivity index (χ3n) is 4.70. The molecule has 2 N–H and O–H groups in total. The predicted octanol–water partition coefficient (Wildman–Crippen LogP) is 4.28. The molecular formula is C20H14F2N2O4.